The van der Waals surface area contributed by atoms with Crippen LogP contribution in [0.25, 0.3) is 0 Å². The highest BCUT2D eigenvalue weighted by Gasteiger charge is 2.14. The summed E-state index contributed by atoms with van der Waals surface area (Å²) in [7, 11) is 0. The lowest BCUT2D eigenvalue weighted by Crippen LogP contribution is -2.10. The predicted molar refractivity (Wildman–Crippen MR) is 81.4 cm³/mol. The number of nitrogen functional groups attached to an aromatic ring is 1. The topological polar surface area (TPSA) is 65.2 Å². The number of ether oxygens (including phenoxy) is 1. The van der Waals surface area contributed by atoms with E-state index >= 15 is 0 Å². The fourth-order valence-electron chi connectivity index (χ4n) is 1.79. The quantitative estimate of drug-likeness (QED) is 0.690. The number of pyridine rings is 1. The van der Waals surface area contributed by atoms with Gasteiger partial charge in [-0.25, -0.2) is 4.79 Å². The van der Waals surface area contributed by atoms with Gasteiger partial charge >= 0.3 is 5.97 Å². The summed E-state index contributed by atoms with van der Waals surface area (Å²) in [5, 5.41) is 0. The molecule has 104 valence electrons. The molecule has 4 nitrogen and oxygen atoms in total. The van der Waals surface area contributed by atoms with Gasteiger partial charge in [-0.2, -0.15) is 0 Å². The number of carbonyl (C=O) groups excluding carboxylic acids is 1. The van der Waals surface area contributed by atoms with Crippen molar-refractivity contribution >= 4 is 27.6 Å². The standard InChI is InChI=1S/C15H15BrN2O2/c1-9-4-3-5-18-14(9)8-20-15(19)12-6-11(16)7-13(17)10(12)2/h3-7H,8,17H2,1-2H3. The molecule has 0 radical (unpaired) electrons. The van der Waals surface area contributed by atoms with Gasteiger partial charge in [0, 0.05) is 16.4 Å². The van der Waals surface area contributed by atoms with E-state index in [0.29, 0.717) is 11.3 Å². The van der Waals surface area contributed by atoms with Crippen LogP contribution in [0.1, 0.15) is 27.2 Å². The number of benzene rings is 1. The number of halogens is 1. The summed E-state index contributed by atoms with van der Waals surface area (Å²) < 4.78 is 6.06. The predicted octanol–water partition coefficient (Wildman–Crippen LogP) is 3.40. The van der Waals surface area contributed by atoms with Crippen LogP contribution in [0.2, 0.25) is 0 Å². The molecule has 1 aromatic carbocycles. The molecule has 0 atom stereocenters. The Labute approximate surface area is 126 Å². The Morgan fingerprint density at radius 2 is 2.15 bits per heavy atom. The van der Waals surface area contributed by atoms with Crippen molar-refractivity contribution in [3.63, 3.8) is 0 Å². The maximum atomic E-state index is 12.1. The van der Waals surface area contributed by atoms with E-state index in [1.54, 1.807) is 25.3 Å². The van der Waals surface area contributed by atoms with Gasteiger partial charge in [-0.05, 0) is 43.2 Å². The molecule has 0 amide bonds. The molecule has 0 unspecified atom stereocenters. The number of hydrogen-bond acceptors (Lipinski definition) is 4. The molecule has 0 aliphatic rings. The van der Waals surface area contributed by atoms with Gasteiger partial charge in [0.15, 0.2) is 0 Å². The maximum Gasteiger partial charge on any atom is 0.338 e. The molecule has 2 N–H and O–H groups in total. The van der Waals surface area contributed by atoms with E-state index in [0.717, 1.165) is 21.3 Å². The Bertz CT molecular complexity index is 656. The summed E-state index contributed by atoms with van der Waals surface area (Å²) in [5.41, 5.74) is 9.32. The molecule has 0 saturated carbocycles. The van der Waals surface area contributed by atoms with Crippen LogP contribution in [0.5, 0.6) is 0 Å². The van der Waals surface area contributed by atoms with Crippen molar-refractivity contribution in [2.24, 2.45) is 0 Å². The zero-order valence-corrected chi connectivity index (χ0v) is 12.9. The van der Waals surface area contributed by atoms with Gasteiger partial charge in [-0.1, -0.05) is 22.0 Å². The number of aromatic nitrogens is 1. The van der Waals surface area contributed by atoms with Gasteiger partial charge in [-0.15, -0.1) is 0 Å². The van der Waals surface area contributed by atoms with Crippen molar-refractivity contribution in [1.82, 2.24) is 4.98 Å². The van der Waals surface area contributed by atoms with E-state index < -0.39 is 5.97 Å². The largest absolute Gasteiger partial charge is 0.456 e. The molecule has 0 saturated heterocycles. The Balaban J connectivity index is 2.15. The first kappa shape index (κ1) is 14.5. The molecular weight excluding hydrogens is 320 g/mol. The minimum absolute atomic E-state index is 0.150. The van der Waals surface area contributed by atoms with E-state index in [4.69, 9.17) is 10.5 Å². The molecule has 0 bridgehead atoms. The van der Waals surface area contributed by atoms with Gasteiger partial charge in [-0.3, -0.25) is 4.98 Å². The lowest BCUT2D eigenvalue weighted by molar-refractivity contribution is 0.0466. The number of esters is 1. The third kappa shape index (κ3) is 3.17. The minimum atomic E-state index is -0.402. The lowest BCUT2D eigenvalue weighted by Gasteiger charge is -2.10. The fraction of sp³-hybridized carbons (Fsp3) is 0.200. The average molecular weight is 335 g/mol. The third-order valence-electron chi connectivity index (χ3n) is 3.09. The van der Waals surface area contributed by atoms with Crippen LogP contribution in [0, 0.1) is 13.8 Å². The third-order valence-corrected chi connectivity index (χ3v) is 3.55. The van der Waals surface area contributed by atoms with Crippen molar-refractivity contribution in [2.75, 3.05) is 5.73 Å². The molecule has 0 aliphatic carbocycles. The van der Waals surface area contributed by atoms with Gasteiger partial charge in [0.25, 0.3) is 0 Å². The highest BCUT2D eigenvalue weighted by atomic mass is 79.9. The molecule has 5 heteroatoms. The second-order valence-corrected chi connectivity index (χ2v) is 5.43. The summed E-state index contributed by atoms with van der Waals surface area (Å²) in [5.74, 6) is -0.402. The molecular formula is C15H15BrN2O2. The van der Waals surface area contributed by atoms with E-state index in [-0.39, 0.29) is 6.61 Å². The number of anilines is 1. The number of aryl methyl sites for hydroxylation is 1. The summed E-state index contributed by atoms with van der Waals surface area (Å²) in [6, 6.07) is 7.24. The van der Waals surface area contributed by atoms with Crippen LogP contribution >= 0.6 is 15.9 Å². The first-order valence-corrected chi connectivity index (χ1v) is 6.91. The molecule has 0 fully saturated rings. The van der Waals surface area contributed by atoms with Crippen molar-refractivity contribution in [2.45, 2.75) is 20.5 Å². The van der Waals surface area contributed by atoms with Gasteiger partial charge in [0.2, 0.25) is 0 Å². The highest BCUT2D eigenvalue weighted by Crippen LogP contribution is 2.23. The van der Waals surface area contributed by atoms with Crippen LogP contribution in [-0.2, 0) is 11.3 Å². The van der Waals surface area contributed by atoms with Crippen molar-refractivity contribution in [1.29, 1.82) is 0 Å². The number of carbonyl (C=O) groups is 1. The molecule has 2 rings (SSSR count). The monoisotopic (exact) mass is 334 g/mol. The van der Waals surface area contributed by atoms with Crippen LogP contribution in [0.3, 0.4) is 0 Å². The van der Waals surface area contributed by atoms with Gasteiger partial charge in [0.1, 0.15) is 6.61 Å². The van der Waals surface area contributed by atoms with Crippen molar-refractivity contribution in [3.05, 3.63) is 57.3 Å². The smallest absolute Gasteiger partial charge is 0.338 e. The summed E-state index contributed by atoms with van der Waals surface area (Å²) in [6.45, 7) is 3.88. The first-order chi connectivity index (χ1) is 9.49. The zero-order valence-electron chi connectivity index (χ0n) is 11.3. The molecule has 1 heterocycles. The normalized spacial score (nSPS) is 10.3. The second-order valence-electron chi connectivity index (χ2n) is 4.51. The zero-order chi connectivity index (χ0) is 14.7. The molecule has 1 aromatic heterocycles. The van der Waals surface area contributed by atoms with Crippen LogP contribution in [-0.4, -0.2) is 11.0 Å². The van der Waals surface area contributed by atoms with E-state index in [1.165, 1.54) is 0 Å². The number of rotatable bonds is 3. The Hall–Kier alpha value is -1.88. The number of hydrogen-bond donors (Lipinski definition) is 1. The van der Waals surface area contributed by atoms with Crippen LogP contribution < -0.4 is 5.73 Å². The fourth-order valence-corrected chi connectivity index (χ4v) is 2.27. The van der Waals surface area contributed by atoms with Crippen LogP contribution in [0.15, 0.2) is 34.9 Å². The summed E-state index contributed by atoms with van der Waals surface area (Å²) in [4.78, 5) is 16.3. The Morgan fingerprint density at radius 1 is 1.40 bits per heavy atom. The molecule has 0 aliphatic heterocycles. The van der Waals surface area contributed by atoms with Gasteiger partial charge < -0.3 is 10.5 Å². The molecule has 2 aromatic rings. The van der Waals surface area contributed by atoms with Crippen LogP contribution in [0.4, 0.5) is 5.69 Å². The Morgan fingerprint density at radius 3 is 2.85 bits per heavy atom. The lowest BCUT2D eigenvalue weighted by atomic mass is 10.1. The number of nitrogens with two attached hydrogens (primary N) is 1. The highest BCUT2D eigenvalue weighted by molar-refractivity contribution is 9.10. The second kappa shape index (κ2) is 6.05. The maximum absolute atomic E-state index is 12.1. The summed E-state index contributed by atoms with van der Waals surface area (Å²) in [6.07, 6.45) is 1.68. The van der Waals surface area contributed by atoms with Crippen molar-refractivity contribution in [3.8, 4) is 0 Å². The number of nitrogens with zero attached hydrogens (tertiary/aromatic N) is 1. The SMILES string of the molecule is Cc1cccnc1COC(=O)c1cc(Br)cc(N)c1C. The first-order valence-electron chi connectivity index (χ1n) is 6.12. The molecule has 0 spiro atoms. The van der Waals surface area contributed by atoms with Gasteiger partial charge in [0.05, 0.1) is 11.3 Å². The molecule has 20 heavy (non-hydrogen) atoms. The van der Waals surface area contributed by atoms with Crippen molar-refractivity contribution < 1.29 is 9.53 Å². The van der Waals surface area contributed by atoms with E-state index in [9.17, 15) is 4.79 Å². The van der Waals surface area contributed by atoms with E-state index in [2.05, 4.69) is 20.9 Å². The summed E-state index contributed by atoms with van der Waals surface area (Å²) >= 11 is 3.32. The Kier molecular flexibility index (Phi) is 4.39. The minimum Gasteiger partial charge on any atom is -0.456 e. The van der Waals surface area contributed by atoms with E-state index in [1.807, 2.05) is 19.1 Å². The average Bonchev–Trinajstić information content (AvgIpc) is 2.41.